The zero-order valence-electron chi connectivity index (χ0n) is 18.5. The van der Waals surface area contributed by atoms with E-state index in [-0.39, 0.29) is 22.9 Å². The molecular weight excluding hydrogens is 474 g/mol. The van der Waals surface area contributed by atoms with Crippen LogP contribution in [0.1, 0.15) is 5.56 Å². The van der Waals surface area contributed by atoms with E-state index >= 15 is 0 Å². The highest BCUT2D eigenvalue weighted by Crippen LogP contribution is 2.38. The van der Waals surface area contributed by atoms with Crippen LogP contribution in [-0.2, 0) is 9.59 Å². The van der Waals surface area contributed by atoms with Crippen molar-refractivity contribution in [3.05, 3.63) is 88.5 Å². The summed E-state index contributed by atoms with van der Waals surface area (Å²) < 4.78 is 10.8. The second-order valence-electron chi connectivity index (χ2n) is 7.27. The molecular formula is C23H19N5O8. The van der Waals surface area contributed by atoms with E-state index in [1.165, 1.54) is 22.4 Å². The van der Waals surface area contributed by atoms with Crippen LogP contribution >= 0.6 is 0 Å². The van der Waals surface area contributed by atoms with Gasteiger partial charge >= 0.3 is 11.9 Å². The van der Waals surface area contributed by atoms with Gasteiger partial charge in [0.1, 0.15) is 17.1 Å². The number of ether oxygens (including phenoxy) is 2. The number of hydrogen-bond acceptors (Lipinski definition) is 10. The van der Waals surface area contributed by atoms with Gasteiger partial charge in [-0.05, 0) is 18.2 Å². The van der Waals surface area contributed by atoms with Crippen molar-refractivity contribution in [2.24, 2.45) is 5.10 Å². The third-order valence-corrected chi connectivity index (χ3v) is 4.81. The normalized spacial score (nSPS) is 12.5. The number of nitro groups is 1. The fourth-order valence-electron chi connectivity index (χ4n) is 3.28. The Balaban J connectivity index is 1.81. The molecule has 0 radical (unpaired) electrons. The first kappa shape index (κ1) is 23.8. The molecule has 0 aliphatic carbocycles. The molecule has 13 nitrogen and oxygen atoms in total. The van der Waals surface area contributed by atoms with E-state index < -0.39 is 30.1 Å². The van der Waals surface area contributed by atoms with E-state index in [0.29, 0.717) is 17.1 Å². The molecule has 1 aliphatic heterocycles. The molecule has 36 heavy (non-hydrogen) atoms. The third-order valence-electron chi connectivity index (χ3n) is 4.81. The van der Waals surface area contributed by atoms with Crippen LogP contribution in [0.3, 0.4) is 0 Å². The van der Waals surface area contributed by atoms with Crippen molar-refractivity contribution in [2.75, 3.05) is 23.4 Å². The number of nitrogens with zero attached hydrogens (tertiary/aromatic N) is 4. The molecule has 13 heteroatoms. The molecule has 184 valence electrons. The molecule has 0 unspecified atom stereocenters. The Morgan fingerprint density at radius 1 is 0.889 bits per heavy atom. The summed E-state index contributed by atoms with van der Waals surface area (Å²) in [5.74, 6) is -1.97. The summed E-state index contributed by atoms with van der Waals surface area (Å²) in [6.07, 6.45) is 0. The Morgan fingerprint density at radius 2 is 1.53 bits per heavy atom. The van der Waals surface area contributed by atoms with E-state index in [1.807, 2.05) is 18.2 Å². The highest BCUT2D eigenvalue weighted by molar-refractivity contribution is 6.02. The summed E-state index contributed by atoms with van der Waals surface area (Å²) in [6, 6.07) is 19.3. The van der Waals surface area contributed by atoms with Gasteiger partial charge < -0.3 is 19.7 Å². The Bertz CT molecular complexity index is 1330. The van der Waals surface area contributed by atoms with Gasteiger partial charge in [0.05, 0.1) is 11.0 Å². The topological polar surface area (TPSA) is 167 Å². The number of hydrazine groups is 2. The number of carboxylic acids is 2. The molecule has 4 rings (SSSR count). The van der Waals surface area contributed by atoms with Crippen molar-refractivity contribution in [1.82, 2.24) is 5.43 Å². The molecule has 0 saturated heterocycles. The number of benzene rings is 3. The summed E-state index contributed by atoms with van der Waals surface area (Å²) in [5, 5.41) is 36.8. The van der Waals surface area contributed by atoms with Crippen LogP contribution in [0.4, 0.5) is 17.1 Å². The zero-order chi connectivity index (χ0) is 25.7. The summed E-state index contributed by atoms with van der Waals surface area (Å²) in [7, 11) is 0. The van der Waals surface area contributed by atoms with Crippen LogP contribution in [0.15, 0.2) is 77.9 Å². The zero-order valence-corrected chi connectivity index (χ0v) is 18.5. The van der Waals surface area contributed by atoms with Gasteiger partial charge in [0, 0.05) is 11.6 Å². The number of hydrogen-bond donors (Lipinski definition) is 3. The summed E-state index contributed by atoms with van der Waals surface area (Å²) >= 11 is 0. The van der Waals surface area contributed by atoms with Gasteiger partial charge in [-0.3, -0.25) is 15.5 Å². The highest BCUT2D eigenvalue weighted by atomic mass is 16.6. The number of aliphatic carboxylic acids is 2. The van der Waals surface area contributed by atoms with Crippen LogP contribution < -0.4 is 25.1 Å². The molecule has 0 spiro atoms. The van der Waals surface area contributed by atoms with Gasteiger partial charge in [0.25, 0.3) is 5.69 Å². The van der Waals surface area contributed by atoms with Crippen LogP contribution in [0, 0.1) is 10.1 Å². The molecule has 3 aromatic rings. The van der Waals surface area contributed by atoms with Gasteiger partial charge in [0.15, 0.2) is 24.8 Å². The number of nitrogens with one attached hydrogen (secondary N) is 1. The predicted octanol–water partition coefficient (Wildman–Crippen LogP) is 2.63. The van der Waals surface area contributed by atoms with E-state index in [9.17, 15) is 19.7 Å². The van der Waals surface area contributed by atoms with Gasteiger partial charge in [-0.25, -0.2) is 9.59 Å². The monoisotopic (exact) mass is 493 g/mol. The molecule has 1 aliphatic rings. The second kappa shape index (κ2) is 10.3. The SMILES string of the molecule is O=C(O)COc1ccccc1N1N=C(c2ccccc2)NN1c1ccc([N+](=O)[O-])cc1OCC(=O)O. The lowest BCUT2D eigenvalue weighted by Gasteiger charge is -2.30. The first-order valence-electron chi connectivity index (χ1n) is 10.4. The van der Waals surface area contributed by atoms with Gasteiger partial charge in [-0.15, -0.1) is 10.2 Å². The lowest BCUT2D eigenvalue weighted by molar-refractivity contribution is -0.384. The third kappa shape index (κ3) is 5.25. The molecule has 0 bridgehead atoms. The Morgan fingerprint density at radius 3 is 2.19 bits per heavy atom. The van der Waals surface area contributed by atoms with Crippen LogP contribution in [0.25, 0.3) is 0 Å². The lowest BCUT2D eigenvalue weighted by Crippen LogP contribution is -2.45. The standard InChI is InChI=1S/C23H19N5O8/c29-21(30)13-35-19-9-5-4-8-17(19)26-24-23(15-6-2-1-3-7-15)25-27(26)18-11-10-16(28(33)34)12-20(18)36-14-22(31)32/h1-12H,13-14H2,(H,24,25)(H,29,30)(H,31,32). The Hall–Kier alpha value is -5.33. The van der Waals surface area contributed by atoms with Crippen molar-refractivity contribution in [1.29, 1.82) is 0 Å². The fourth-order valence-corrected chi connectivity index (χ4v) is 3.28. The first-order valence-corrected chi connectivity index (χ1v) is 10.4. The Labute approximate surface area is 203 Å². The minimum atomic E-state index is -1.27. The number of nitro benzene ring substituents is 1. The first-order chi connectivity index (χ1) is 17.3. The largest absolute Gasteiger partial charge is 0.480 e. The molecule has 0 atom stereocenters. The van der Waals surface area contributed by atoms with E-state index in [0.717, 1.165) is 6.07 Å². The van der Waals surface area contributed by atoms with Crippen LogP contribution in [0.2, 0.25) is 0 Å². The molecule has 3 aromatic carbocycles. The van der Waals surface area contributed by atoms with Gasteiger partial charge in [-0.2, -0.15) is 5.12 Å². The van der Waals surface area contributed by atoms with Crippen molar-refractivity contribution < 1.29 is 34.2 Å². The number of carboxylic acid groups (broad SMARTS) is 2. The number of non-ortho nitro benzene ring substituents is 1. The number of para-hydroxylation sites is 2. The molecule has 0 fully saturated rings. The molecule has 3 N–H and O–H groups in total. The minimum absolute atomic E-state index is 0.0995. The van der Waals surface area contributed by atoms with Crippen LogP contribution in [-0.4, -0.2) is 46.1 Å². The number of anilines is 2. The van der Waals surface area contributed by atoms with Crippen molar-refractivity contribution >= 4 is 34.8 Å². The average Bonchev–Trinajstić information content (AvgIpc) is 3.31. The highest BCUT2D eigenvalue weighted by Gasteiger charge is 2.31. The fraction of sp³-hybridized carbons (Fsp3) is 0.0870. The molecule has 1 heterocycles. The van der Waals surface area contributed by atoms with E-state index in [4.69, 9.17) is 19.7 Å². The quantitative estimate of drug-likeness (QED) is 0.280. The minimum Gasteiger partial charge on any atom is -0.480 e. The van der Waals surface area contributed by atoms with E-state index in [2.05, 4.69) is 10.5 Å². The maximum absolute atomic E-state index is 11.3. The van der Waals surface area contributed by atoms with Gasteiger partial charge in [-0.1, -0.05) is 42.5 Å². The number of rotatable bonds is 10. The summed E-state index contributed by atoms with van der Waals surface area (Å²) in [5.41, 5.74) is 4.00. The number of hydrazone groups is 1. The van der Waals surface area contributed by atoms with Crippen molar-refractivity contribution in [3.8, 4) is 11.5 Å². The summed E-state index contributed by atoms with van der Waals surface area (Å²) in [4.78, 5) is 32.9. The van der Waals surface area contributed by atoms with Crippen LogP contribution in [0.5, 0.6) is 11.5 Å². The van der Waals surface area contributed by atoms with Gasteiger partial charge in [0.2, 0.25) is 0 Å². The molecule has 0 aromatic heterocycles. The molecule has 0 amide bonds. The Kier molecular flexibility index (Phi) is 6.81. The maximum atomic E-state index is 11.3. The number of carbonyl (C=O) groups is 2. The summed E-state index contributed by atoms with van der Waals surface area (Å²) in [6.45, 7) is -1.34. The smallest absolute Gasteiger partial charge is 0.341 e. The maximum Gasteiger partial charge on any atom is 0.341 e. The lowest BCUT2D eigenvalue weighted by atomic mass is 10.2. The number of amidine groups is 1. The van der Waals surface area contributed by atoms with Crippen molar-refractivity contribution in [2.45, 2.75) is 0 Å². The molecule has 0 saturated carbocycles. The predicted molar refractivity (Wildman–Crippen MR) is 127 cm³/mol. The average molecular weight is 493 g/mol. The van der Waals surface area contributed by atoms with Crippen molar-refractivity contribution in [3.63, 3.8) is 0 Å². The second-order valence-corrected chi connectivity index (χ2v) is 7.27. The van der Waals surface area contributed by atoms with E-state index in [1.54, 1.807) is 36.4 Å².